The number of hydrogen-bond acceptors (Lipinski definition) is 3. The summed E-state index contributed by atoms with van der Waals surface area (Å²) in [6.07, 6.45) is 6.54. The number of furan rings is 1. The molecule has 0 bridgehead atoms. The van der Waals surface area contributed by atoms with Gasteiger partial charge in [-0.2, -0.15) is 5.10 Å². The van der Waals surface area contributed by atoms with Crippen molar-refractivity contribution in [2.45, 2.75) is 19.4 Å². The summed E-state index contributed by atoms with van der Waals surface area (Å²) >= 11 is 0. The maximum atomic E-state index is 5.21. The molecule has 1 N–H and O–H groups in total. The summed E-state index contributed by atoms with van der Waals surface area (Å²) in [4.78, 5) is 0. The lowest BCUT2D eigenvalue weighted by Crippen LogP contribution is -2.23. The number of aromatic nitrogens is 2. The van der Waals surface area contributed by atoms with E-state index in [0.717, 1.165) is 29.9 Å². The Morgan fingerprint density at radius 3 is 2.76 bits per heavy atom. The molecule has 2 aromatic heterocycles. The highest BCUT2D eigenvalue weighted by molar-refractivity contribution is 5.32. The molecule has 0 aliphatic rings. The van der Waals surface area contributed by atoms with Gasteiger partial charge in [-0.1, -0.05) is 25.1 Å². The molecule has 0 spiro atoms. The highest BCUT2D eigenvalue weighted by atomic mass is 16.3. The standard InChI is InChI=1S/C17H19N3O/c1-2-10-18-17(14-9-12-21-13-14)16-8-11-20(19-16)15-6-4-3-5-7-15/h3-9,11-13,17-18H,2,10H2,1H3. The summed E-state index contributed by atoms with van der Waals surface area (Å²) in [5, 5.41) is 8.22. The topological polar surface area (TPSA) is 43.0 Å². The summed E-state index contributed by atoms with van der Waals surface area (Å²) in [6, 6.07) is 14.2. The first-order chi connectivity index (χ1) is 10.4. The first-order valence-corrected chi connectivity index (χ1v) is 7.25. The summed E-state index contributed by atoms with van der Waals surface area (Å²) in [5.41, 5.74) is 3.15. The van der Waals surface area contributed by atoms with Gasteiger partial charge in [-0.25, -0.2) is 4.68 Å². The Kier molecular flexibility index (Phi) is 4.17. The number of benzene rings is 1. The Balaban J connectivity index is 1.88. The molecule has 4 nitrogen and oxygen atoms in total. The van der Waals surface area contributed by atoms with Crippen molar-refractivity contribution in [3.63, 3.8) is 0 Å². The molecule has 1 aromatic carbocycles. The maximum Gasteiger partial charge on any atom is 0.0954 e. The Bertz CT molecular complexity index is 658. The van der Waals surface area contributed by atoms with Crippen LogP contribution >= 0.6 is 0 Å². The van der Waals surface area contributed by atoms with Crippen molar-refractivity contribution in [2.75, 3.05) is 6.54 Å². The first-order valence-electron chi connectivity index (χ1n) is 7.25. The van der Waals surface area contributed by atoms with E-state index >= 15 is 0 Å². The van der Waals surface area contributed by atoms with Gasteiger partial charge in [0.25, 0.3) is 0 Å². The molecule has 0 aliphatic heterocycles. The third-order valence-corrected chi connectivity index (χ3v) is 3.40. The van der Waals surface area contributed by atoms with E-state index < -0.39 is 0 Å². The van der Waals surface area contributed by atoms with Crippen LogP contribution < -0.4 is 5.32 Å². The fourth-order valence-corrected chi connectivity index (χ4v) is 2.34. The summed E-state index contributed by atoms with van der Waals surface area (Å²) in [6.45, 7) is 3.09. The van der Waals surface area contributed by atoms with Crippen molar-refractivity contribution >= 4 is 0 Å². The number of nitrogens with one attached hydrogen (secondary N) is 1. The predicted molar refractivity (Wildman–Crippen MR) is 82.4 cm³/mol. The van der Waals surface area contributed by atoms with Gasteiger partial charge in [-0.3, -0.25) is 0 Å². The Labute approximate surface area is 124 Å². The monoisotopic (exact) mass is 281 g/mol. The Hall–Kier alpha value is -2.33. The SMILES string of the molecule is CCCNC(c1ccoc1)c1ccn(-c2ccccc2)n1. The van der Waals surface area contributed by atoms with Crippen LogP contribution in [0.2, 0.25) is 0 Å². The van der Waals surface area contributed by atoms with Crippen molar-refractivity contribution < 1.29 is 4.42 Å². The van der Waals surface area contributed by atoms with E-state index in [1.54, 1.807) is 12.5 Å². The van der Waals surface area contributed by atoms with Gasteiger partial charge >= 0.3 is 0 Å². The van der Waals surface area contributed by atoms with E-state index in [1.165, 1.54) is 0 Å². The number of rotatable bonds is 6. The molecule has 3 rings (SSSR count). The van der Waals surface area contributed by atoms with E-state index in [9.17, 15) is 0 Å². The van der Waals surface area contributed by atoms with Crippen molar-refractivity contribution in [1.29, 1.82) is 0 Å². The molecule has 1 atom stereocenters. The van der Waals surface area contributed by atoms with Gasteiger partial charge in [-0.05, 0) is 37.2 Å². The average Bonchev–Trinajstić information content (AvgIpc) is 3.21. The minimum Gasteiger partial charge on any atom is -0.472 e. The molecule has 2 heterocycles. The van der Waals surface area contributed by atoms with Crippen LogP contribution in [0, 0.1) is 0 Å². The molecule has 3 aromatic rings. The molecular weight excluding hydrogens is 262 g/mol. The maximum absolute atomic E-state index is 5.21. The Morgan fingerprint density at radius 1 is 1.19 bits per heavy atom. The summed E-state index contributed by atoms with van der Waals surface area (Å²) in [5.74, 6) is 0. The first kappa shape index (κ1) is 13.6. The van der Waals surface area contributed by atoms with Gasteiger partial charge in [0, 0.05) is 11.8 Å². The van der Waals surface area contributed by atoms with Crippen LogP contribution in [0.15, 0.2) is 65.6 Å². The average molecular weight is 281 g/mol. The van der Waals surface area contributed by atoms with Crippen LogP contribution in [0.4, 0.5) is 0 Å². The normalized spacial score (nSPS) is 12.4. The second-order valence-corrected chi connectivity index (χ2v) is 4.96. The second kappa shape index (κ2) is 6.41. The third-order valence-electron chi connectivity index (χ3n) is 3.40. The van der Waals surface area contributed by atoms with Crippen molar-refractivity contribution in [1.82, 2.24) is 15.1 Å². The van der Waals surface area contributed by atoms with E-state index in [4.69, 9.17) is 9.52 Å². The van der Waals surface area contributed by atoms with Gasteiger partial charge < -0.3 is 9.73 Å². The molecular formula is C17H19N3O. The molecule has 0 saturated carbocycles. The van der Waals surface area contributed by atoms with Crippen molar-refractivity contribution in [3.8, 4) is 5.69 Å². The van der Waals surface area contributed by atoms with E-state index in [0.29, 0.717) is 0 Å². The quantitative estimate of drug-likeness (QED) is 0.751. The van der Waals surface area contributed by atoms with Crippen LogP contribution in [-0.4, -0.2) is 16.3 Å². The van der Waals surface area contributed by atoms with Crippen molar-refractivity contribution in [3.05, 3.63) is 72.4 Å². The van der Waals surface area contributed by atoms with Crippen LogP contribution in [0.3, 0.4) is 0 Å². The highest BCUT2D eigenvalue weighted by Gasteiger charge is 2.17. The zero-order valence-corrected chi connectivity index (χ0v) is 12.1. The largest absolute Gasteiger partial charge is 0.472 e. The smallest absolute Gasteiger partial charge is 0.0954 e. The van der Waals surface area contributed by atoms with E-state index in [-0.39, 0.29) is 6.04 Å². The molecule has 0 fully saturated rings. The summed E-state index contributed by atoms with van der Waals surface area (Å²) < 4.78 is 7.11. The lowest BCUT2D eigenvalue weighted by atomic mass is 10.1. The number of hydrogen-bond donors (Lipinski definition) is 1. The lowest BCUT2D eigenvalue weighted by Gasteiger charge is -2.14. The third kappa shape index (κ3) is 3.06. The molecule has 0 radical (unpaired) electrons. The lowest BCUT2D eigenvalue weighted by molar-refractivity contribution is 0.543. The van der Waals surface area contributed by atoms with Crippen LogP contribution in [0.5, 0.6) is 0 Å². The zero-order chi connectivity index (χ0) is 14.5. The fraction of sp³-hybridized carbons (Fsp3) is 0.235. The van der Waals surface area contributed by atoms with Crippen molar-refractivity contribution in [2.24, 2.45) is 0 Å². The van der Waals surface area contributed by atoms with Crippen LogP contribution in [-0.2, 0) is 0 Å². The van der Waals surface area contributed by atoms with Gasteiger partial charge in [0.2, 0.25) is 0 Å². The summed E-state index contributed by atoms with van der Waals surface area (Å²) in [7, 11) is 0. The van der Waals surface area contributed by atoms with Gasteiger partial charge in [0.15, 0.2) is 0 Å². The van der Waals surface area contributed by atoms with E-state index in [2.05, 4.69) is 12.2 Å². The minimum atomic E-state index is 0.0636. The van der Waals surface area contributed by atoms with E-state index in [1.807, 2.05) is 53.3 Å². The number of nitrogens with zero attached hydrogens (tertiary/aromatic N) is 2. The predicted octanol–water partition coefficient (Wildman–Crippen LogP) is 3.55. The molecule has 0 aliphatic carbocycles. The molecule has 0 amide bonds. The second-order valence-electron chi connectivity index (χ2n) is 4.96. The van der Waals surface area contributed by atoms with Gasteiger partial charge in [0.05, 0.1) is 29.9 Å². The highest BCUT2D eigenvalue weighted by Crippen LogP contribution is 2.21. The molecule has 0 saturated heterocycles. The van der Waals surface area contributed by atoms with Gasteiger partial charge in [0.1, 0.15) is 0 Å². The van der Waals surface area contributed by atoms with Gasteiger partial charge in [-0.15, -0.1) is 0 Å². The number of para-hydroxylation sites is 1. The molecule has 1 unspecified atom stereocenters. The van der Waals surface area contributed by atoms with Crippen LogP contribution in [0.25, 0.3) is 5.69 Å². The Morgan fingerprint density at radius 2 is 2.05 bits per heavy atom. The fourth-order valence-electron chi connectivity index (χ4n) is 2.34. The zero-order valence-electron chi connectivity index (χ0n) is 12.1. The molecule has 108 valence electrons. The minimum absolute atomic E-state index is 0.0636. The van der Waals surface area contributed by atoms with Crippen LogP contribution in [0.1, 0.15) is 30.6 Å². The molecule has 4 heteroatoms. The molecule has 21 heavy (non-hydrogen) atoms.